The van der Waals surface area contributed by atoms with Gasteiger partial charge in [-0.1, -0.05) is 42.5 Å². The Labute approximate surface area is 196 Å². The van der Waals surface area contributed by atoms with Crippen molar-refractivity contribution in [3.8, 4) is 11.5 Å². The van der Waals surface area contributed by atoms with Gasteiger partial charge < -0.3 is 18.9 Å². The van der Waals surface area contributed by atoms with Crippen molar-refractivity contribution in [3.05, 3.63) is 95.1 Å². The van der Waals surface area contributed by atoms with Crippen LogP contribution in [0.1, 0.15) is 31.8 Å². The maximum absolute atomic E-state index is 12.5. The number of carbonyl (C=O) groups is 2. The molecule has 3 aromatic rings. The number of rotatable bonds is 0. The molecule has 0 radical (unpaired) electrons. The molecule has 0 N–H and O–H groups in total. The second kappa shape index (κ2) is 11.4. The third-order valence-corrected chi connectivity index (χ3v) is 5.83. The number of esters is 2. The average Bonchev–Trinajstić information content (AvgIpc) is 2.85. The lowest BCUT2D eigenvalue weighted by atomic mass is 10.1. The zero-order chi connectivity index (χ0) is 22.9. The van der Waals surface area contributed by atoms with Crippen LogP contribution in [0.15, 0.2) is 72.8 Å². The molecule has 1 heterocycles. The number of fused-ring (bicyclic) bond motifs is 4. The van der Waals surface area contributed by atoms with E-state index in [1.54, 1.807) is 48.2 Å². The molecular formula is C26H24O6S. The predicted molar refractivity (Wildman–Crippen MR) is 126 cm³/mol. The van der Waals surface area contributed by atoms with Crippen molar-refractivity contribution in [2.75, 3.05) is 24.7 Å². The molecule has 3 aromatic carbocycles. The van der Waals surface area contributed by atoms with E-state index in [0.717, 1.165) is 11.1 Å². The highest BCUT2D eigenvalue weighted by atomic mass is 32.2. The zero-order valence-corrected chi connectivity index (χ0v) is 18.8. The molecule has 0 atom stereocenters. The minimum atomic E-state index is -0.425. The van der Waals surface area contributed by atoms with E-state index in [1.807, 2.05) is 36.4 Å². The van der Waals surface area contributed by atoms with Crippen molar-refractivity contribution >= 4 is 23.7 Å². The molecule has 0 aromatic heterocycles. The lowest BCUT2D eigenvalue weighted by Crippen LogP contribution is -2.12. The normalized spacial score (nSPS) is 15.5. The molecule has 0 unspecified atom stereocenters. The van der Waals surface area contributed by atoms with E-state index < -0.39 is 11.9 Å². The molecule has 0 aliphatic carbocycles. The highest BCUT2D eigenvalue weighted by Gasteiger charge is 2.16. The first-order chi connectivity index (χ1) is 16.2. The van der Waals surface area contributed by atoms with Crippen LogP contribution in [0.4, 0.5) is 0 Å². The van der Waals surface area contributed by atoms with Gasteiger partial charge in [-0.05, 0) is 41.5 Å². The molecule has 1 aliphatic rings. The number of para-hydroxylation sites is 2. The predicted octanol–water partition coefficient (Wildman–Crippen LogP) is 4.91. The van der Waals surface area contributed by atoms with Crippen molar-refractivity contribution in [3.63, 3.8) is 0 Å². The van der Waals surface area contributed by atoms with E-state index in [4.69, 9.17) is 18.9 Å². The third-order valence-electron chi connectivity index (χ3n) is 4.92. The maximum Gasteiger partial charge on any atom is 0.341 e. The molecule has 4 rings (SSSR count). The van der Waals surface area contributed by atoms with Crippen molar-refractivity contribution in [2.24, 2.45) is 0 Å². The van der Waals surface area contributed by atoms with Crippen molar-refractivity contribution < 1.29 is 28.5 Å². The van der Waals surface area contributed by atoms with Crippen molar-refractivity contribution in [1.29, 1.82) is 0 Å². The molecule has 2 bridgehead atoms. The zero-order valence-electron chi connectivity index (χ0n) is 18.0. The standard InChI is InChI=1S/C26H24O6S/c27-25-21-8-1-3-10-23(21)31-17-19-6-5-7-20(16-19)18-32-24-11-4-2-9-22(24)26(28)30-13-15-33-14-12-29-25/h1-11,16H,12-15,17-18H2. The van der Waals surface area contributed by atoms with Gasteiger partial charge in [0, 0.05) is 11.5 Å². The van der Waals surface area contributed by atoms with E-state index in [9.17, 15) is 9.59 Å². The number of carbonyl (C=O) groups excluding carboxylic acids is 2. The molecule has 1 aliphatic heterocycles. The average molecular weight is 465 g/mol. The molecule has 0 saturated heterocycles. The Kier molecular flexibility index (Phi) is 7.87. The highest BCUT2D eigenvalue weighted by Crippen LogP contribution is 2.23. The van der Waals surface area contributed by atoms with Crippen LogP contribution in [-0.4, -0.2) is 36.7 Å². The number of hydrogen-bond donors (Lipinski definition) is 0. The monoisotopic (exact) mass is 464 g/mol. The summed E-state index contributed by atoms with van der Waals surface area (Å²) in [5.41, 5.74) is 2.64. The van der Waals surface area contributed by atoms with E-state index >= 15 is 0 Å². The van der Waals surface area contributed by atoms with Crippen LogP contribution in [0.5, 0.6) is 11.5 Å². The fourth-order valence-corrected chi connectivity index (χ4v) is 3.90. The first kappa shape index (κ1) is 22.7. The minimum Gasteiger partial charge on any atom is -0.488 e. The van der Waals surface area contributed by atoms with Crippen LogP contribution in [0.25, 0.3) is 0 Å². The summed E-state index contributed by atoms with van der Waals surface area (Å²) in [5.74, 6) is 1.30. The van der Waals surface area contributed by atoms with Gasteiger partial charge in [-0.25, -0.2) is 9.59 Å². The molecule has 170 valence electrons. The van der Waals surface area contributed by atoms with Gasteiger partial charge in [-0.15, -0.1) is 0 Å². The summed E-state index contributed by atoms with van der Waals surface area (Å²) in [6, 6.07) is 21.9. The second-order valence-corrected chi connectivity index (χ2v) is 8.50. The SMILES string of the molecule is O=C1OCCSCCOC(=O)c2ccccc2OCc2cccc(c2)COc2ccccc21. The summed E-state index contributed by atoms with van der Waals surface area (Å²) < 4.78 is 22.7. The Morgan fingerprint density at radius 1 is 0.576 bits per heavy atom. The number of hydrogen-bond acceptors (Lipinski definition) is 7. The Morgan fingerprint density at radius 3 is 1.58 bits per heavy atom. The van der Waals surface area contributed by atoms with Gasteiger partial charge in [0.1, 0.15) is 49.1 Å². The second-order valence-electron chi connectivity index (χ2n) is 7.27. The van der Waals surface area contributed by atoms with Gasteiger partial charge in [-0.3, -0.25) is 0 Å². The molecule has 7 heteroatoms. The van der Waals surface area contributed by atoms with E-state index in [0.29, 0.717) is 34.1 Å². The van der Waals surface area contributed by atoms with Crippen molar-refractivity contribution in [2.45, 2.75) is 13.2 Å². The number of benzene rings is 3. The van der Waals surface area contributed by atoms with Crippen molar-refractivity contribution in [1.82, 2.24) is 0 Å². The Hall–Kier alpha value is -3.45. The highest BCUT2D eigenvalue weighted by molar-refractivity contribution is 7.99. The van der Waals surface area contributed by atoms with Gasteiger partial charge in [0.2, 0.25) is 0 Å². The maximum atomic E-state index is 12.5. The van der Waals surface area contributed by atoms with Gasteiger partial charge in [0.05, 0.1) is 0 Å². The van der Waals surface area contributed by atoms with Gasteiger partial charge in [0.15, 0.2) is 0 Å². The lowest BCUT2D eigenvalue weighted by molar-refractivity contribution is 0.0520. The summed E-state index contributed by atoms with van der Waals surface area (Å²) in [6.07, 6.45) is 0. The quantitative estimate of drug-likeness (QED) is 0.438. The molecular weight excluding hydrogens is 440 g/mol. The van der Waals surface area contributed by atoms with Crippen LogP contribution in [0.2, 0.25) is 0 Å². The molecule has 6 nitrogen and oxygen atoms in total. The number of cyclic esters (lactones) is 2. The summed E-state index contributed by atoms with van der Waals surface area (Å²) in [6.45, 7) is 1.09. The Bertz CT molecular complexity index is 1030. The van der Waals surface area contributed by atoms with E-state index in [1.165, 1.54) is 0 Å². The molecule has 0 amide bonds. The number of thioether (sulfide) groups is 1. The van der Waals surface area contributed by atoms with E-state index in [-0.39, 0.29) is 26.4 Å². The Morgan fingerprint density at radius 2 is 1.06 bits per heavy atom. The van der Waals surface area contributed by atoms with Crippen LogP contribution >= 0.6 is 11.8 Å². The molecule has 0 spiro atoms. The van der Waals surface area contributed by atoms with Gasteiger partial charge >= 0.3 is 11.9 Å². The number of ether oxygens (including phenoxy) is 4. The smallest absolute Gasteiger partial charge is 0.341 e. The first-order valence-electron chi connectivity index (χ1n) is 10.6. The summed E-state index contributed by atoms with van der Waals surface area (Å²) in [5, 5.41) is 0. The van der Waals surface area contributed by atoms with Gasteiger partial charge in [0.25, 0.3) is 0 Å². The van der Waals surface area contributed by atoms with E-state index in [2.05, 4.69) is 0 Å². The topological polar surface area (TPSA) is 71.1 Å². The van der Waals surface area contributed by atoms with Gasteiger partial charge in [-0.2, -0.15) is 11.8 Å². The summed E-state index contributed by atoms with van der Waals surface area (Å²) >= 11 is 1.54. The van der Waals surface area contributed by atoms with Crippen LogP contribution in [0, 0.1) is 0 Å². The lowest BCUT2D eigenvalue weighted by Gasteiger charge is -2.14. The molecule has 0 saturated carbocycles. The minimum absolute atomic E-state index is 0.254. The van der Waals surface area contributed by atoms with Crippen LogP contribution in [0.3, 0.4) is 0 Å². The summed E-state index contributed by atoms with van der Waals surface area (Å²) in [7, 11) is 0. The molecule has 33 heavy (non-hydrogen) atoms. The molecule has 0 fully saturated rings. The van der Waals surface area contributed by atoms with Crippen LogP contribution in [-0.2, 0) is 22.7 Å². The first-order valence-corrected chi connectivity index (χ1v) is 11.8. The summed E-state index contributed by atoms with van der Waals surface area (Å²) in [4.78, 5) is 25.0. The fourth-order valence-electron chi connectivity index (χ4n) is 3.30. The third kappa shape index (κ3) is 6.29. The van der Waals surface area contributed by atoms with Crippen LogP contribution < -0.4 is 9.47 Å². The largest absolute Gasteiger partial charge is 0.488 e. The Balaban J connectivity index is 1.55. The fraction of sp³-hybridized carbons (Fsp3) is 0.231.